The Morgan fingerprint density at radius 2 is 2.24 bits per heavy atom. The third kappa shape index (κ3) is 2.96. The maximum Gasteiger partial charge on any atom is 0.193 e. The van der Waals surface area contributed by atoms with Gasteiger partial charge >= 0.3 is 0 Å². The van der Waals surface area contributed by atoms with E-state index in [1.165, 1.54) is 0 Å². The van der Waals surface area contributed by atoms with Crippen LogP contribution >= 0.6 is 0 Å². The van der Waals surface area contributed by atoms with E-state index < -0.39 is 0 Å². The summed E-state index contributed by atoms with van der Waals surface area (Å²) >= 11 is 0. The third-order valence-corrected chi connectivity index (χ3v) is 3.44. The Kier molecular flexibility index (Phi) is 3.97. The maximum atomic E-state index is 12.1. The molecule has 4 heteroatoms. The summed E-state index contributed by atoms with van der Waals surface area (Å²) in [7, 11) is 3.93. The summed E-state index contributed by atoms with van der Waals surface area (Å²) in [5.41, 5.74) is 0.781. The highest BCUT2D eigenvalue weighted by atomic mass is 16.5. The molecule has 0 amide bonds. The van der Waals surface area contributed by atoms with Crippen LogP contribution in [0.4, 0.5) is 0 Å². The summed E-state index contributed by atoms with van der Waals surface area (Å²) in [5, 5.41) is 0. The Hall–Kier alpha value is -1.13. The summed E-state index contributed by atoms with van der Waals surface area (Å²) in [4.78, 5) is 14.2. The molecule has 17 heavy (non-hydrogen) atoms. The molecule has 0 N–H and O–H groups in total. The number of nitrogens with zero attached hydrogens (tertiary/aromatic N) is 2. The summed E-state index contributed by atoms with van der Waals surface area (Å²) < 4.78 is 7.21. The number of ketones is 1. The van der Waals surface area contributed by atoms with Crippen molar-refractivity contribution in [3.8, 4) is 0 Å². The lowest BCUT2D eigenvalue weighted by Crippen LogP contribution is -2.39. The molecule has 0 spiro atoms. The molecule has 2 rings (SSSR count). The molecule has 1 saturated heterocycles. The van der Waals surface area contributed by atoms with Gasteiger partial charge in [0.25, 0.3) is 0 Å². The van der Waals surface area contributed by atoms with Gasteiger partial charge in [0.15, 0.2) is 5.78 Å². The molecule has 2 heterocycles. The Balaban J connectivity index is 1.92. The van der Waals surface area contributed by atoms with E-state index in [0.717, 1.165) is 31.7 Å². The fourth-order valence-electron chi connectivity index (χ4n) is 2.31. The monoisotopic (exact) mass is 236 g/mol. The van der Waals surface area contributed by atoms with Crippen LogP contribution in [0.15, 0.2) is 18.3 Å². The number of aryl methyl sites for hydroxylation is 1. The number of rotatable bonds is 4. The van der Waals surface area contributed by atoms with E-state index in [1.807, 2.05) is 37.0 Å². The van der Waals surface area contributed by atoms with Gasteiger partial charge in [0.2, 0.25) is 0 Å². The van der Waals surface area contributed by atoms with Crippen LogP contribution in [0.1, 0.15) is 23.3 Å². The largest absolute Gasteiger partial charge is 0.381 e. The molecule has 0 atom stereocenters. The van der Waals surface area contributed by atoms with E-state index in [9.17, 15) is 4.79 Å². The van der Waals surface area contributed by atoms with Crippen molar-refractivity contribution in [3.63, 3.8) is 0 Å². The normalized spacial score (nSPS) is 17.6. The van der Waals surface area contributed by atoms with Crippen LogP contribution in [-0.2, 0) is 11.8 Å². The van der Waals surface area contributed by atoms with Crippen LogP contribution < -0.4 is 0 Å². The molecule has 4 nitrogen and oxygen atoms in total. The number of likely N-dealkylation sites (N-methyl/N-ethyl adjacent to an activating group) is 1. The van der Waals surface area contributed by atoms with Gasteiger partial charge in [-0.1, -0.05) is 0 Å². The molecule has 0 aromatic carbocycles. The predicted molar refractivity (Wildman–Crippen MR) is 66.2 cm³/mol. The molecule has 1 aliphatic heterocycles. The van der Waals surface area contributed by atoms with E-state index in [2.05, 4.69) is 4.90 Å². The van der Waals surface area contributed by atoms with Gasteiger partial charge in [-0.3, -0.25) is 9.69 Å². The van der Waals surface area contributed by atoms with Crippen molar-refractivity contribution < 1.29 is 9.53 Å². The lowest BCUT2D eigenvalue weighted by atomic mass is 10.1. The Labute approximate surface area is 102 Å². The average molecular weight is 236 g/mol. The fourth-order valence-corrected chi connectivity index (χ4v) is 2.31. The van der Waals surface area contributed by atoms with Crippen molar-refractivity contribution in [3.05, 3.63) is 24.0 Å². The lowest BCUT2D eigenvalue weighted by Gasteiger charge is -2.30. The molecule has 0 saturated carbocycles. The van der Waals surface area contributed by atoms with Crippen LogP contribution in [0.5, 0.6) is 0 Å². The minimum Gasteiger partial charge on any atom is -0.381 e. The number of carbonyl (C=O) groups excluding carboxylic acids is 1. The zero-order valence-electron chi connectivity index (χ0n) is 10.6. The number of Topliss-reactive ketones (excluding diaryl/α,β-unsaturated/α-hetero) is 1. The molecule has 1 aliphatic rings. The minimum absolute atomic E-state index is 0.187. The van der Waals surface area contributed by atoms with Gasteiger partial charge in [0.05, 0.1) is 12.2 Å². The Bertz CT molecular complexity index is 381. The van der Waals surface area contributed by atoms with Crippen molar-refractivity contribution in [1.29, 1.82) is 0 Å². The van der Waals surface area contributed by atoms with Crippen molar-refractivity contribution in [1.82, 2.24) is 9.47 Å². The number of aromatic nitrogens is 1. The Morgan fingerprint density at radius 1 is 1.53 bits per heavy atom. The zero-order valence-corrected chi connectivity index (χ0v) is 10.6. The van der Waals surface area contributed by atoms with Gasteiger partial charge in [-0.05, 0) is 32.0 Å². The van der Waals surface area contributed by atoms with E-state index >= 15 is 0 Å². The van der Waals surface area contributed by atoms with Gasteiger partial charge < -0.3 is 9.30 Å². The van der Waals surface area contributed by atoms with Gasteiger partial charge in [-0.15, -0.1) is 0 Å². The second kappa shape index (κ2) is 5.47. The molecule has 1 aromatic heterocycles. The highest BCUT2D eigenvalue weighted by molar-refractivity contribution is 5.96. The molecule has 0 radical (unpaired) electrons. The first-order valence-corrected chi connectivity index (χ1v) is 6.11. The topological polar surface area (TPSA) is 34.5 Å². The summed E-state index contributed by atoms with van der Waals surface area (Å²) in [6.07, 6.45) is 3.95. The third-order valence-electron chi connectivity index (χ3n) is 3.44. The minimum atomic E-state index is 0.187. The van der Waals surface area contributed by atoms with E-state index in [0.29, 0.717) is 12.6 Å². The van der Waals surface area contributed by atoms with Crippen molar-refractivity contribution in [2.24, 2.45) is 7.05 Å². The molecular formula is C13H20N2O2. The molecule has 1 aromatic rings. The fraction of sp³-hybridized carbons (Fsp3) is 0.615. The van der Waals surface area contributed by atoms with Crippen molar-refractivity contribution in [2.75, 3.05) is 26.8 Å². The molecule has 1 fully saturated rings. The predicted octanol–water partition coefficient (Wildman–Crippen LogP) is 1.32. The quantitative estimate of drug-likeness (QED) is 0.739. The zero-order chi connectivity index (χ0) is 12.3. The first-order chi connectivity index (χ1) is 8.18. The summed E-state index contributed by atoms with van der Waals surface area (Å²) in [6, 6.07) is 4.26. The van der Waals surface area contributed by atoms with Crippen molar-refractivity contribution in [2.45, 2.75) is 18.9 Å². The Morgan fingerprint density at radius 3 is 2.82 bits per heavy atom. The average Bonchev–Trinajstić information content (AvgIpc) is 2.76. The summed E-state index contributed by atoms with van der Waals surface area (Å²) in [6.45, 7) is 2.11. The van der Waals surface area contributed by atoms with Gasteiger partial charge in [-0.2, -0.15) is 0 Å². The van der Waals surface area contributed by atoms with Crippen LogP contribution in [0.3, 0.4) is 0 Å². The number of hydrogen-bond acceptors (Lipinski definition) is 3. The SMILES string of the molecule is CN(CC(=O)c1cccn1C)C1CCOCC1. The van der Waals surface area contributed by atoms with Gasteiger partial charge in [0, 0.05) is 32.5 Å². The molecule has 0 aliphatic carbocycles. The summed E-state index contributed by atoms with van der Waals surface area (Å²) in [5.74, 6) is 0.187. The van der Waals surface area contributed by atoms with E-state index in [-0.39, 0.29) is 5.78 Å². The molecular weight excluding hydrogens is 216 g/mol. The first kappa shape index (κ1) is 12.3. The number of carbonyl (C=O) groups is 1. The highest BCUT2D eigenvalue weighted by Gasteiger charge is 2.21. The maximum absolute atomic E-state index is 12.1. The van der Waals surface area contributed by atoms with E-state index in [1.54, 1.807) is 0 Å². The molecule has 0 unspecified atom stereocenters. The standard InChI is InChI=1S/C13H20N2O2/c1-14-7-3-4-12(14)13(16)10-15(2)11-5-8-17-9-6-11/h3-4,7,11H,5-6,8-10H2,1-2H3. The molecule has 94 valence electrons. The lowest BCUT2D eigenvalue weighted by molar-refractivity contribution is 0.0417. The van der Waals surface area contributed by atoms with Crippen LogP contribution in [-0.4, -0.2) is 48.1 Å². The smallest absolute Gasteiger partial charge is 0.193 e. The first-order valence-electron chi connectivity index (χ1n) is 6.11. The van der Waals surface area contributed by atoms with Crippen molar-refractivity contribution >= 4 is 5.78 Å². The van der Waals surface area contributed by atoms with Crippen LogP contribution in [0.2, 0.25) is 0 Å². The highest BCUT2D eigenvalue weighted by Crippen LogP contribution is 2.13. The number of ether oxygens (including phenoxy) is 1. The second-order valence-corrected chi connectivity index (χ2v) is 4.69. The van der Waals surface area contributed by atoms with Crippen LogP contribution in [0, 0.1) is 0 Å². The van der Waals surface area contributed by atoms with Gasteiger partial charge in [0.1, 0.15) is 0 Å². The number of hydrogen-bond donors (Lipinski definition) is 0. The van der Waals surface area contributed by atoms with Crippen LogP contribution in [0.25, 0.3) is 0 Å². The second-order valence-electron chi connectivity index (χ2n) is 4.69. The van der Waals surface area contributed by atoms with E-state index in [4.69, 9.17) is 4.74 Å². The molecule has 0 bridgehead atoms. The van der Waals surface area contributed by atoms with Gasteiger partial charge in [-0.25, -0.2) is 0 Å².